The molecule has 0 saturated heterocycles. The topological polar surface area (TPSA) is 74.4 Å². The fourth-order valence-corrected chi connectivity index (χ4v) is 1.65. The number of nitrogens with two attached hydrogens (primary N) is 1. The highest BCUT2D eigenvalue weighted by atomic mass is 19.3. The van der Waals surface area contributed by atoms with Gasteiger partial charge >= 0.3 is 5.97 Å². The molecule has 0 radical (unpaired) electrons. The zero-order valence-electron chi connectivity index (χ0n) is 10.8. The summed E-state index contributed by atoms with van der Waals surface area (Å²) < 4.78 is 35.7. The molecule has 5 nitrogen and oxygen atoms in total. The summed E-state index contributed by atoms with van der Waals surface area (Å²) in [4.78, 5) is 15.3. The first-order valence-electron chi connectivity index (χ1n) is 5.73. The van der Waals surface area contributed by atoms with E-state index in [0.29, 0.717) is 5.69 Å². The van der Waals surface area contributed by atoms with Crippen molar-refractivity contribution in [2.45, 2.75) is 26.3 Å². The molecule has 0 aliphatic rings. The van der Waals surface area contributed by atoms with E-state index in [1.54, 1.807) is 6.92 Å². The normalized spacial score (nSPS) is 10.6. The van der Waals surface area contributed by atoms with Crippen LogP contribution in [0.4, 0.5) is 8.78 Å². The van der Waals surface area contributed by atoms with Crippen LogP contribution in [0.5, 0.6) is 5.88 Å². The molecule has 1 heterocycles. The molecule has 0 atom stereocenters. The summed E-state index contributed by atoms with van der Waals surface area (Å²) in [7, 11) is 1.24. The third kappa shape index (κ3) is 3.85. The van der Waals surface area contributed by atoms with Gasteiger partial charge in [0.25, 0.3) is 6.43 Å². The van der Waals surface area contributed by atoms with E-state index in [-0.39, 0.29) is 31.0 Å². The Morgan fingerprint density at radius 3 is 2.68 bits per heavy atom. The molecule has 0 bridgehead atoms. The first-order valence-corrected chi connectivity index (χ1v) is 5.73. The monoisotopic (exact) mass is 274 g/mol. The lowest BCUT2D eigenvalue weighted by Crippen LogP contribution is -2.13. The van der Waals surface area contributed by atoms with E-state index < -0.39 is 18.0 Å². The minimum atomic E-state index is -2.79. The van der Waals surface area contributed by atoms with Crippen LogP contribution >= 0.6 is 0 Å². The van der Waals surface area contributed by atoms with Crippen LogP contribution in [0.1, 0.15) is 30.2 Å². The van der Waals surface area contributed by atoms with Gasteiger partial charge in [-0.3, -0.25) is 4.79 Å². The van der Waals surface area contributed by atoms with E-state index >= 15 is 0 Å². The molecular formula is C12H16F2N2O3. The zero-order chi connectivity index (χ0) is 14.4. The lowest BCUT2D eigenvalue weighted by molar-refractivity contribution is -0.142. The highest BCUT2D eigenvalue weighted by Crippen LogP contribution is 2.31. The Balaban J connectivity index is 3.21. The van der Waals surface area contributed by atoms with E-state index in [1.165, 1.54) is 13.2 Å². The number of methoxy groups -OCH3 is 1. The maximum Gasteiger partial charge on any atom is 0.310 e. The van der Waals surface area contributed by atoms with Gasteiger partial charge in [-0.2, -0.15) is 0 Å². The van der Waals surface area contributed by atoms with Gasteiger partial charge in [0.15, 0.2) is 0 Å². The maximum atomic E-state index is 13.0. The molecule has 7 heteroatoms. The highest BCUT2D eigenvalue weighted by Gasteiger charge is 2.23. The van der Waals surface area contributed by atoms with Crippen LogP contribution in [-0.2, 0) is 22.5 Å². The van der Waals surface area contributed by atoms with Gasteiger partial charge in [0.05, 0.1) is 31.4 Å². The fraction of sp³-hybridized carbons (Fsp3) is 0.500. The molecule has 0 aliphatic carbocycles. The molecule has 2 N–H and O–H groups in total. The summed E-state index contributed by atoms with van der Waals surface area (Å²) in [6, 6.07) is 1.38. The minimum absolute atomic E-state index is 0.0652. The third-order valence-electron chi connectivity index (χ3n) is 2.42. The number of carbonyl (C=O) groups is 1. The third-order valence-corrected chi connectivity index (χ3v) is 2.42. The van der Waals surface area contributed by atoms with Gasteiger partial charge in [0, 0.05) is 6.54 Å². The fourth-order valence-electron chi connectivity index (χ4n) is 1.65. The molecular weight excluding hydrogens is 258 g/mol. The van der Waals surface area contributed by atoms with Gasteiger partial charge in [0.2, 0.25) is 5.88 Å². The van der Waals surface area contributed by atoms with Gasteiger partial charge in [-0.1, -0.05) is 0 Å². The minimum Gasteiger partial charge on any atom is -0.481 e. The Morgan fingerprint density at radius 1 is 1.53 bits per heavy atom. The molecule has 1 aromatic rings. The molecule has 1 aromatic heterocycles. The highest BCUT2D eigenvalue weighted by molar-refractivity contribution is 5.73. The number of aromatic nitrogens is 1. The first kappa shape index (κ1) is 15.3. The summed E-state index contributed by atoms with van der Waals surface area (Å²) in [6.45, 7) is 1.90. The summed E-state index contributed by atoms with van der Waals surface area (Å²) in [6.07, 6.45) is -3.06. The number of nitrogens with zero attached hydrogens (tertiary/aromatic N) is 1. The number of hydrogen-bond donors (Lipinski definition) is 1. The summed E-state index contributed by atoms with van der Waals surface area (Å²) >= 11 is 0. The van der Waals surface area contributed by atoms with E-state index in [4.69, 9.17) is 15.2 Å². The number of halogens is 2. The van der Waals surface area contributed by atoms with Crippen molar-refractivity contribution >= 4 is 5.97 Å². The second-order valence-electron chi connectivity index (χ2n) is 3.68. The Bertz CT molecular complexity index is 453. The zero-order valence-corrected chi connectivity index (χ0v) is 10.8. The molecule has 0 unspecified atom stereocenters. The second kappa shape index (κ2) is 6.98. The molecule has 0 saturated carbocycles. The second-order valence-corrected chi connectivity index (χ2v) is 3.68. The van der Waals surface area contributed by atoms with Crippen molar-refractivity contribution in [3.8, 4) is 5.88 Å². The number of alkyl halides is 2. The molecule has 19 heavy (non-hydrogen) atoms. The van der Waals surface area contributed by atoms with Gasteiger partial charge in [-0.15, -0.1) is 0 Å². The number of pyridine rings is 1. The van der Waals surface area contributed by atoms with Crippen molar-refractivity contribution in [2.75, 3.05) is 13.7 Å². The number of rotatable bonds is 6. The Hall–Kier alpha value is -1.76. The molecule has 1 rings (SSSR count). The lowest BCUT2D eigenvalue weighted by atomic mass is 10.1. The van der Waals surface area contributed by atoms with Crippen LogP contribution in [0.2, 0.25) is 0 Å². The molecule has 0 spiro atoms. The van der Waals surface area contributed by atoms with E-state index in [2.05, 4.69) is 4.98 Å². The number of esters is 1. The molecule has 106 valence electrons. The van der Waals surface area contributed by atoms with E-state index in [9.17, 15) is 13.6 Å². The van der Waals surface area contributed by atoms with Crippen molar-refractivity contribution in [3.63, 3.8) is 0 Å². The molecule has 0 fully saturated rings. The number of carbonyl (C=O) groups excluding carboxylic acids is 1. The molecule has 0 aromatic carbocycles. The summed E-state index contributed by atoms with van der Waals surface area (Å²) in [5.41, 5.74) is 5.54. The maximum absolute atomic E-state index is 13.0. The van der Waals surface area contributed by atoms with Crippen molar-refractivity contribution in [1.29, 1.82) is 0 Å². The predicted octanol–water partition coefficient (Wildman–Crippen LogP) is 1.59. The van der Waals surface area contributed by atoms with E-state index in [1.807, 2.05) is 0 Å². The van der Waals surface area contributed by atoms with Crippen LogP contribution in [0.15, 0.2) is 6.07 Å². The summed E-state index contributed by atoms with van der Waals surface area (Å²) in [5.74, 6) is -0.794. The predicted molar refractivity (Wildman–Crippen MR) is 64.0 cm³/mol. The Labute approximate surface area is 109 Å². The molecule has 0 aliphatic heterocycles. The van der Waals surface area contributed by atoms with Gasteiger partial charge in [0.1, 0.15) is 0 Å². The van der Waals surface area contributed by atoms with Crippen molar-refractivity contribution in [1.82, 2.24) is 4.98 Å². The number of ether oxygens (including phenoxy) is 2. The first-order chi connectivity index (χ1) is 9.03. The number of hydrogen-bond acceptors (Lipinski definition) is 5. The standard InChI is InChI=1S/C12H16F2N2O3/c1-3-19-9(17)5-7-4-8(6-15)16-12(18-2)10(7)11(13)14/h4,11H,3,5-6,15H2,1-2H3. The van der Waals surface area contributed by atoms with E-state index in [0.717, 1.165) is 0 Å². The molecule has 0 amide bonds. The lowest BCUT2D eigenvalue weighted by Gasteiger charge is -2.13. The van der Waals surface area contributed by atoms with Crippen molar-refractivity contribution < 1.29 is 23.0 Å². The largest absolute Gasteiger partial charge is 0.481 e. The van der Waals surface area contributed by atoms with Crippen molar-refractivity contribution in [3.05, 3.63) is 22.9 Å². The SMILES string of the molecule is CCOC(=O)Cc1cc(CN)nc(OC)c1C(F)F. The smallest absolute Gasteiger partial charge is 0.310 e. The van der Waals surface area contributed by atoms with Crippen LogP contribution in [0, 0.1) is 0 Å². The van der Waals surface area contributed by atoms with Crippen LogP contribution in [0.25, 0.3) is 0 Å². The van der Waals surface area contributed by atoms with Crippen molar-refractivity contribution in [2.24, 2.45) is 5.73 Å². The quantitative estimate of drug-likeness (QED) is 0.797. The van der Waals surface area contributed by atoms with Gasteiger partial charge < -0.3 is 15.2 Å². The van der Waals surface area contributed by atoms with Crippen LogP contribution < -0.4 is 10.5 Å². The summed E-state index contributed by atoms with van der Waals surface area (Å²) in [5, 5.41) is 0. The van der Waals surface area contributed by atoms with Crippen LogP contribution in [0.3, 0.4) is 0 Å². The Morgan fingerprint density at radius 2 is 2.21 bits per heavy atom. The Kier molecular flexibility index (Phi) is 5.62. The van der Waals surface area contributed by atoms with Gasteiger partial charge in [-0.05, 0) is 18.6 Å². The average molecular weight is 274 g/mol. The van der Waals surface area contributed by atoms with Gasteiger partial charge in [-0.25, -0.2) is 13.8 Å². The van der Waals surface area contributed by atoms with Crippen LogP contribution in [-0.4, -0.2) is 24.7 Å². The average Bonchev–Trinajstić information content (AvgIpc) is 2.37.